The third-order valence-corrected chi connectivity index (χ3v) is 3.10. The lowest BCUT2D eigenvalue weighted by Crippen LogP contribution is -2.08. The Morgan fingerprint density at radius 2 is 2.16 bits per heavy atom. The highest BCUT2D eigenvalue weighted by Gasteiger charge is 2.10. The van der Waals surface area contributed by atoms with Crippen molar-refractivity contribution in [3.05, 3.63) is 58.1 Å². The average Bonchev–Trinajstić information content (AvgIpc) is 2.38. The van der Waals surface area contributed by atoms with Crippen LogP contribution in [-0.2, 0) is 6.61 Å². The quantitative estimate of drug-likeness (QED) is 0.935. The maximum Gasteiger partial charge on any atom is 0.130 e. The topological polar surface area (TPSA) is 48.1 Å². The summed E-state index contributed by atoms with van der Waals surface area (Å²) in [6, 6.07) is 7.87. The maximum atomic E-state index is 13.2. The number of aromatic nitrogens is 1. The molecule has 0 fully saturated rings. The van der Waals surface area contributed by atoms with E-state index in [2.05, 4.69) is 20.9 Å². The van der Waals surface area contributed by atoms with Crippen LogP contribution >= 0.6 is 15.9 Å². The van der Waals surface area contributed by atoms with E-state index in [1.165, 1.54) is 12.1 Å². The zero-order valence-corrected chi connectivity index (χ0v) is 12.0. The number of hydrogen-bond acceptors (Lipinski definition) is 3. The van der Waals surface area contributed by atoms with Gasteiger partial charge >= 0.3 is 0 Å². The van der Waals surface area contributed by atoms with E-state index in [9.17, 15) is 4.39 Å². The van der Waals surface area contributed by atoms with Gasteiger partial charge in [-0.25, -0.2) is 4.39 Å². The molecule has 1 aromatic carbocycles. The minimum Gasteiger partial charge on any atom is -0.487 e. The summed E-state index contributed by atoms with van der Waals surface area (Å²) in [4.78, 5) is 4.19. The molecule has 1 atom stereocenters. The number of nitrogens with zero attached hydrogens (tertiary/aromatic N) is 1. The number of rotatable bonds is 4. The Hall–Kier alpha value is -1.46. The van der Waals surface area contributed by atoms with Gasteiger partial charge in [0.1, 0.15) is 18.2 Å². The molecule has 0 bridgehead atoms. The van der Waals surface area contributed by atoms with Crippen LogP contribution in [0, 0.1) is 5.82 Å². The molecule has 0 radical (unpaired) electrons. The molecule has 0 aliphatic heterocycles. The van der Waals surface area contributed by atoms with Crippen molar-refractivity contribution in [2.75, 3.05) is 0 Å². The van der Waals surface area contributed by atoms with Crippen LogP contribution in [0.3, 0.4) is 0 Å². The summed E-state index contributed by atoms with van der Waals surface area (Å²) in [5.74, 6) is 0.114. The zero-order valence-electron chi connectivity index (χ0n) is 10.4. The fourth-order valence-electron chi connectivity index (χ4n) is 1.65. The molecule has 0 aliphatic rings. The fraction of sp³-hybridized carbons (Fsp3) is 0.214. The first-order chi connectivity index (χ1) is 9.06. The van der Waals surface area contributed by atoms with Crippen LogP contribution in [0.1, 0.15) is 24.2 Å². The van der Waals surface area contributed by atoms with Crippen LogP contribution in [-0.4, -0.2) is 4.98 Å². The molecule has 5 heteroatoms. The van der Waals surface area contributed by atoms with Crippen LogP contribution in [0.15, 0.2) is 41.0 Å². The van der Waals surface area contributed by atoms with Crippen molar-refractivity contribution in [1.29, 1.82) is 0 Å². The molecule has 0 aliphatic carbocycles. The minimum absolute atomic E-state index is 0.214. The Labute approximate surface area is 119 Å². The third-order valence-electron chi connectivity index (χ3n) is 2.63. The average molecular weight is 325 g/mol. The van der Waals surface area contributed by atoms with Crippen molar-refractivity contribution in [3.8, 4) is 5.75 Å². The van der Waals surface area contributed by atoms with Crippen LogP contribution in [0.4, 0.5) is 4.39 Å². The van der Waals surface area contributed by atoms with Gasteiger partial charge in [-0.3, -0.25) is 4.98 Å². The molecule has 2 rings (SSSR count). The van der Waals surface area contributed by atoms with Gasteiger partial charge in [-0.1, -0.05) is 6.07 Å². The monoisotopic (exact) mass is 324 g/mol. The smallest absolute Gasteiger partial charge is 0.130 e. The van der Waals surface area contributed by atoms with E-state index in [1.54, 1.807) is 12.3 Å². The first kappa shape index (κ1) is 14.0. The predicted molar refractivity (Wildman–Crippen MR) is 75.3 cm³/mol. The van der Waals surface area contributed by atoms with E-state index in [0.717, 1.165) is 15.7 Å². The largest absolute Gasteiger partial charge is 0.487 e. The molecule has 0 amide bonds. The molecular weight excluding hydrogens is 311 g/mol. The maximum absolute atomic E-state index is 13.2. The van der Waals surface area contributed by atoms with E-state index < -0.39 is 0 Å². The number of ether oxygens (including phenoxy) is 1. The van der Waals surface area contributed by atoms with Crippen LogP contribution < -0.4 is 10.5 Å². The van der Waals surface area contributed by atoms with Crippen LogP contribution in [0.5, 0.6) is 5.75 Å². The summed E-state index contributed by atoms with van der Waals surface area (Å²) in [7, 11) is 0. The predicted octanol–water partition coefficient (Wildman–Crippen LogP) is 3.58. The van der Waals surface area contributed by atoms with E-state index >= 15 is 0 Å². The van der Waals surface area contributed by atoms with Crippen molar-refractivity contribution < 1.29 is 9.13 Å². The summed E-state index contributed by atoms with van der Waals surface area (Å²) in [5.41, 5.74) is 7.37. The van der Waals surface area contributed by atoms with Gasteiger partial charge in [0.25, 0.3) is 0 Å². The Morgan fingerprint density at radius 3 is 2.79 bits per heavy atom. The van der Waals surface area contributed by atoms with Crippen molar-refractivity contribution in [2.24, 2.45) is 5.73 Å². The lowest BCUT2D eigenvalue weighted by atomic mass is 10.1. The summed E-state index contributed by atoms with van der Waals surface area (Å²) < 4.78 is 19.8. The minimum atomic E-state index is -0.344. The molecule has 1 unspecified atom stereocenters. The zero-order chi connectivity index (χ0) is 13.8. The molecule has 1 aromatic heterocycles. The van der Waals surface area contributed by atoms with Crippen molar-refractivity contribution >= 4 is 15.9 Å². The highest BCUT2D eigenvalue weighted by atomic mass is 79.9. The first-order valence-corrected chi connectivity index (χ1v) is 6.64. The van der Waals surface area contributed by atoms with Gasteiger partial charge in [-0.15, -0.1) is 0 Å². The molecule has 100 valence electrons. The Morgan fingerprint density at radius 1 is 1.37 bits per heavy atom. The molecule has 1 heterocycles. The van der Waals surface area contributed by atoms with Gasteiger partial charge in [-0.2, -0.15) is 0 Å². The van der Waals surface area contributed by atoms with Gasteiger partial charge < -0.3 is 10.5 Å². The lowest BCUT2D eigenvalue weighted by molar-refractivity contribution is 0.295. The summed E-state index contributed by atoms with van der Waals surface area (Å²) in [6.07, 6.45) is 1.69. The highest BCUT2D eigenvalue weighted by Crippen LogP contribution is 2.25. The number of halogens is 2. The second-order valence-electron chi connectivity index (χ2n) is 4.23. The Bertz CT molecular complexity index is 558. The molecule has 2 N–H and O–H groups in total. The van der Waals surface area contributed by atoms with E-state index in [-0.39, 0.29) is 18.5 Å². The second-order valence-corrected chi connectivity index (χ2v) is 5.14. The summed E-state index contributed by atoms with van der Waals surface area (Å²) >= 11 is 3.31. The SMILES string of the molecule is CC(N)c1ccc(F)cc1OCc1ccc(Br)cn1. The van der Waals surface area contributed by atoms with Crippen LogP contribution in [0.2, 0.25) is 0 Å². The molecule has 0 spiro atoms. The number of hydrogen-bond donors (Lipinski definition) is 1. The summed E-state index contributed by atoms with van der Waals surface area (Å²) in [6.45, 7) is 2.11. The Balaban J connectivity index is 2.14. The van der Waals surface area contributed by atoms with Crippen molar-refractivity contribution in [1.82, 2.24) is 4.98 Å². The van der Waals surface area contributed by atoms with E-state index in [1.807, 2.05) is 19.1 Å². The molecule has 19 heavy (non-hydrogen) atoms. The third kappa shape index (κ3) is 3.75. The van der Waals surface area contributed by atoms with Crippen molar-refractivity contribution in [2.45, 2.75) is 19.6 Å². The first-order valence-electron chi connectivity index (χ1n) is 5.84. The van der Waals surface area contributed by atoms with Gasteiger partial charge in [0.15, 0.2) is 0 Å². The highest BCUT2D eigenvalue weighted by molar-refractivity contribution is 9.10. The fourth-order valence-corrected chi connectivity index (χ4v) is 1.89. The lowest BCUT2D eigenvalue weighted by Gasteiger charge is -2.13. The number of nitrogens with two attached hydrogens (primary N) is 1. The molecule has 3 nitrogen and oxygen atoms in total. The molecule has 0 saturated carbocycles. The molecule has 2 aromatic rings. The molecule has 0 saturated heterocycles. The second kappa shape index (κ2) is 6.12. The number of pyridine rings is 1. The van der Waals surface area contributed by atoms with Gasteiger partial charge in [0.05, 0.1) is 5.69 Å². The molecular formula is C14H14BrFN2O. The van der Waals surface area contributed by atoms with E-state index in [0.29, 0.717) is 5.75 Å². The Kier molecular flexibility index (Phi) is 4.50. The van der Waals surface area contributed by atoms with Gasteiger partial charge in [-0.05, 0) is 41.1 Å². The van der Waals surface area contributed by atoms with Crippen molar-refractivity contribution in [3.63, 3.8) is 0 Å². The normalized spacial score (nSPS) is 12.2. The van der Waals surface area contributed by atoms with Gasteiger partial charge in [0.2, 0.25) is 0 Å². The number of benzene rings is 1. The van der Waals surface area contributed by atoms with E-state index in [4.69, 9.17) is 10.5 Å². The summed E-state index contributed by atoms with van der Waals surface area (Å²) in [5, 5.41) is 0. The standard InChI is InChI=1S/C14H14BrFN2O/c1-9(17)13-5-3-11(16)6-14(13)19-8-12-4-2-10(15)7-18-12/h2-7,9H,8,17H2,1H3. The van der Waals surface area contributed by atoms with Gasteiger partial charge in [0, 0.05) is 28.3 Å². The van der Waals surface area contributed by atoms with Crippen LogP contribution in [0.25, 0.3) is 0 Å².